The van der Waals surface area contributed by atoms with Gasteiger partial charge in [0, 0.05) is 23.5 Å². The summed E-state index contributed by atoms with van der Waals surface area (Å²) < 4.78 is 13.4. The van der Waals surface area contributed by atoms with E-state index >= 15 is 0 Å². The van der Waals surface area contributed by atoms with E-state index in [1.165, 1.54) is 18.3 Å². The molecule has 0 bridgehead atoms. The first kappa shape index (κ1) is 13.0. The maximum Gasteiger partial charge on any atom is 0.166 e. The largest absolute Gasteiger partial charge is 0.381 e. The maximum absolute atomic E-state index is 13.4. The average Bonchev–Trinajstić information content (AvgIpc) is 2.50. The van der Waals surface area contributed by atoms with E-state index in [2.05, 4.69) is 15.0 Å². The quantitative estimate of drug-likeness (QED) is 0.753. The number of nitrogens with two attached hydrogens (primary N) is 2. The van der Waals surface area contributed by atoms with Crippen LogP contribution in [0.4, 0.5) is 16.0 Å². The molecule has 6 heteroatoms. The lowest BCUT2D eigenvalue weighted by Gasteiger charge is -2.09. The van der Waals surface area contributed by atoms with Gasteiger partial charge in [-0.3, -0.25) is 4.98 Å². The van der Waals surface area contributed by atoms with Crippen molar-refractivity contribution in [3.63, 3.8) is 0 Å². The van der Waals surface area contributed by atoms with E-state index in [4.69, 9.17) is 11.5 Å². The molecule has 0 atom stereocenters. The summed E-state index contributed by atoms with van der Waals surface area (Å²) in [5.41, 5.74) is 14.0. The Kier molecular flexibility index (Phi) is 3.19. The topological polar surface area (TPSA) is 90.7 Å². The molecule has 0 spiro atoms. The van der Waals surface area contributed by atoms with E-state index in [1.807, 2.05) is 0 Å². The average molecular weight is 281 g/mol. The highest BCUT2D eigenvalue weighted by Crippen LogP contribution is 2.30. The number of nitrogens with zero attached hydrogens (tertiary/aromatic N) is 3. The SMILES string of the molecule is Nc1ncc(-c2ccncc2-c2cccc(F)c2)nc1N. The van der Waals surface area contributed by atoms with Gasteiger partial charge in [-0.1, -0.05) is 12.1 Å². The van der Waals surface area contributed by atoms with Crippen LogP contribution in [0.5, 0.6) is 0 Å². The van der Waals surface area contributed by atoms with Crippen molar-refractivity contribution >= 4 is 11.6 Å². The van der Waals surface area contributed by atoms with Gasteiger partial charge >= 0.3 is 0 Å². The van der Waals surface area contributed by atoms with E-state index in [-0.39, 0.29) is 17.5 Å². The Morgan fingerprint density at radius 1 is 0.952 bits per heavy atom. The zero-order valence-electron chi connectivity index (χ0n) is 11.0. The summed E-state index contributed by atoms with van der Waals surface area (Å²) in [5, 5.41) is 0. The second-order valence-electron chi connectivity index (χ2n) is 4.46. The number of rotatable bonds is 2. The molecule has 21 heavy (non-hydrogen) atoms. The number of benzene rings is 1. The number of hydrogen-bond acceptors (Lipinski definition) is 5. The van der Waals surface area contributed by atoms with E-state index in [1.54, 1.807) is 30.6 Å². The van der Waals surface area contributed by atoms with E-state index < -0.39 is 0 Å². The molecule has 0 saturated carbocycles. The zero-order valence-corrected chi connectivity index (χ0v) is 11.0. The summed E-state index contributed by atoms with van der Waals surface area (Å²) in [4.78, 5) is 12.3. The molecule has 0 unspecified atom stereocenters. The van der Waals surface area contributed by atoms with Crippen LogP contribution in [-0.4, -0.2) is 15.0 Å². The molecule has 3 rings (SSSR count). The Bertz CT molecular complexity index is 804. The minimum atomic E-state index is -0.315. The molecule has 0 aliphatic heterocycles. The van der Waals surface area contributed by atoms with Crippen LogP contribution in [0.1, 0.15) is 0 Å². The highest BCUT2D eigenvalue weighted by Gasteiger charge is 2.11. The Morgan fingerprint density at radius 2 is 1.81 bits per heavy atom. The predicted molar refractivity (Wildman–Crippen MR) is 79.5 cm³/mol. The normalized spacial score (nSPS) is 10.5. The highest BCUT2D eigenvalue weighted by atomic mass is 19.1. The number of anilines is 2. The van der Waals surface area contributed by atoms with Crippen molar-refractivity contribution in [1.82, 2.24) is 15.0 Å². The molecule has 5 nitrogen and oxygen atoms in total. The molecule has 0 saturated heterocycles. The third-order valence-electron chi connectivity index (χ3n) is 3.06. The smallest absolute Gasteiger partial charge is 0.166 e. The molecule has 2 aromatic heterocycles. The maximum atomic E-state index is 13.4. The summed E-state index contributed by atoms with van der Waals surface area (Å²) >= 11 is 0. The van der Waals surface area contributed by atoms with Gasteiger partial charge in [0.25, 0.3) is 0 Å². The van der Waals surface area contributed by atoms with Gasteiger partial charge in [0.15, 0.2) is 11.6 Å². The predicted octanol–water partition coefficient (Wildman–Crippen LogP) is 2.51. The first-order valence-corrected chi connectivity index (χ1v) is 6.23. The first-order chi connectivity index (χ1) is 10.1. The van der Waals surface area contributed by atoms with Gasteiger partial charge in [-0.15, -0.1) is 0 Å². The van der Waals surface area contributed by atoms with E-state index in [9.17, 15) is 4.39 Å². The van der Waals surface area contributed by atoms with Crippen molar-refractivity contribution in [2.75, 3.05) is 11.5 Å². The van der Waals surface area contributed by atoms with Gasteiger partial charge in [-0.25, -0.2) is 14.4 Å². The third kappa shape index (κ3) is 2.51. The van der Waals surface area contributed by atoms with Crippen LogP contribution in [0, 0.1) is 5.82 Å². The van der Waals surface area contributed by atoms with Crippen molar-refractivity contribution in [1.29, 1.82) is 0 Å². The van der Waals surface area contributed by atoms with Crippen LogP contribution < -0.4 is 11.5 Å². The molecule has 0 aliphatic carbocycles. The Hall–Kier alpha value is -3.02. The minimum Gasteiger partial charge on any atom is -0.381 e. The van der Waals surface area contributed by atoms with Gasteiger partial charge < -0.3 is 11.5 Å². The van der Waals surface area contributed by atoms with Crippen LogP contribution in [0.15, 0.2) is 48.9 Å². The van der Waals surface area contributed by atoms with Crippen LogP contribution in [0.2, 0.25) is 0 Å². The van der Waals surface area contributed by atoms with Crippen molar-refractivity contribution in [2.24, 2.45) is 0 Å². The molecule has 0 radical (unpaired) electrons. The minimum absolute atomic E-state index is 0.162. The number of hydrogen-bond donors (Lipinski definition) is 2. The summed E-state index contributed by atoms with van der Waals surface area (Å²) in [6.45, 7) is 0. The molecular formula is C15H12FN5. The van der Waals surface area contributed by atoms with Gasteiger partial charge in [0.05, 0.1) is 11.9 Å². The Balaban J connectivity index is 2.18. The zero-order chi connectivity index (χ0) is 14.8. The standard InChI is InChI=1S/C15H12FN5/c16-10-3-1-2-9(6-10)12-7-19-5-4-11(12)13-8-20-14(17)15(18)21-13/h1-8H,(H2,17,20)(H2,18,21). The van der Waals surface area contributed by atoms with Gasteiger partial charge in [0.2, 0.25) is 0 Å². The van der Waals surface area contributed by atoms with Crippen LogP contribution in [0.25, 0.3) is 22.4 Å². The monoisotopic (exact) mass is 281 g/mol. The fourth-order valence-corrected chi connectivity index (χ4v) is 2.05. The fourth-order valence-electron chi connectivity index (χ4n) is 2.05. The van der Waals surface area contributed by atoms with Crippen molar-refractivity contribution in [2.45, 2.75) is 0 Å². The van der Waals surface area contributed by atoms with E-state index in [0.717, 1.165) is 11.1 Å². The second-order valence-corrected chi connectivity index (χ2v) is 4.46. The number of nitrogen functional groups attached to an aromatic ring is 2. The Labute approximate surface area is 120 Å². The van der Waals surface area contributed by atoms with E-state index in [0.29, 0.717) is 11.3 Å². The van der Waals surface area contributed by atoms with Crippen molar-refractivity contribution in [3.8, 4) is 22.4 Å². The van der Waals surface area contributed by atoms with Crippen molar-refractivity contribution in [3.05, 3.63) is 54.7 Å². The Morgan fingerprint density at radius 3 is 2.57 bits per heavy atom. The molecule has 104 valence electrons. The number of halogens is 1. The molecule has 1 aromatic carbocycles. The number of pyridine rings is 1. The van der Waals surface area contributed by atoms with Crippen molar-refractivity contribution < 1.29 is 4.39 Å². The molecule has 0 aliphatic rings. The van der Waals surface area contributed by atoms with Crippen LogP contribution in [-0.2, 0) is 0 Å². The third-order valence-corrected chi connectivity index (χ3v) is 3.06. The number of aromatic nitrogens is 3. The van der Waals surface area contributed by atoms with Gasteiger partial charge in [0.1, 0.15) is 5.82 Å². The molecule has 3 aromatic rings. The first-order valence-electron chi connectivity index (χ1n) is 6.23. The molecule has 0 amide bonds. The fraction of sp³-hybridized carbons (Fsp3) is 0. The summed E-state index contributed by atoms with van der Waals surface area (Å²) in [6, 6.07) is 8.05. The molecular weight excluding hydrogens is 269 g/mol. The highest BCUT2D eigenvalue weighted by molar-refractivity contribution is 5.81. The second kappa shape index (κ2) is 5.16. The lowest BCUT2D eigenvalue weighted by Crippen LogP contribution is -2.02. The summed E-state index contributed by atoms with van der Waals surface area (Å²) in [5.74, 6) is 0.0276. The summed E-state index contributed by atoms with van der Waals surface area (Å²) in [7, 11) is 0. The summed E-state index contributed by atoms with van der Waals surface area (Å²) in [6.07, 6.45) is 4.81. The lowest BCUT2D eigenvalue weighted by molar-refractivity contribution is 0.628. The molecule has 2 heterocycles. The van der Waals surface area contributed by atoms with Crippen LogP contribution >= 0.6 is 0 Å². The van der Waals surface area contributed by atoms with Gasteiger partial charge in [-0.05, 0) is 23.8 Å². The molecule has 0 fully saturated rings. The lowest BCUT2D eigenvalue weighted by atomic mass is 10.00. The molecule has 4 N–H and O–H groups in total. The van der Waals surface area contributed by atoms with Gasteiger partial charge in [-0.2, -0.15) is 0 Å². The van der Waals surface area contributed by atoms with Crippen LogP contribution in [0.3, 0.4) is 0 Å².